The van der Waals surface area contributed by atoms with Crippen molar-refractivity contribution < 1.29 is 13.9 Å². The summed E-state index contributed by atoms with van der Waals surface area (Å²) in [6.45, 7) is 1.77. The van der Waals surface area contributed by atoms with E-state index in [4.69, 9.17) is 20.8 Å². The average Bonchev–Trinajstić information content (AvgIpc) is 2.89. The Morgan fingerprint density at radius 3 is 3.18 bits per heavy atom. The second kappa shape index (κ2) is 6.07. The highest BCUT2D eigenvalue weighted by molar-refractivity contribution is 6.18. The SMILES string of the molecule is O=C(CCc1ccco1)N1CCOCC1CCl. The molecule has 0 aliphatic carbocycles. The van der Waals surface area contributed by atoms with Gasteiger partial charge in [-0.3, -0.25) is 4.79 Å². The molecular formula is C12H16ClNO3. The third-order valence-electron chi connectivity index (χ3n) is 2.89. The van der Waals surface area contributed by atoms with Gasteiger partial charge in [0.05, 0.1) is 25.5 Å². The van der Waals surface area contributed by atoms with Crippen LogP contribution in [0, 0.1) is 0 Å². The standard InChI is InChI=1S/C12H16ClNO3/c13-8-10-9-16-7-5-14(10)12(15)4-3-11-2-1-6-17-11/h1-2,6,10H,3-5,7-9H2. The van der Waals surface area contributed by atoms with Crippen LogP contribution in [0.3, 0.4) is 0 Å². The molecule has 0 saturated carbocycles. The number of alkyl halides is 1. The lowest BCUT2D eigenvalue weighted by molar-refractivity contribution is -0.138. The van der Waals surface area contributed by atoms with Gasteiger partial charge in [-0.15, -0.1) is 11.6 Å². The predicted octanol–water partition coefficient (Wildman–Crippen LogP) is 1.68. The maximum Gasteiger partial charge on any atom is 0.223 e. The predicted molar refractivity (Wildman–Crippen MR) is 64.1 cm³/mol. The Bertz CT molecular complexity index is 353. The van der Waals surface area contributed by atoms with E-state index in [0.29, 0.717) is 38.5 Å². The second-order valence-corrected chi connectivity index (χ2v) is 4.36. The Morgan fingerprint density at radius 1 is 1.59 bits per heavy atom. The number of hydrogen-bond acceptors (Lipinski definition) is 3. The zero-order valence-electron chi connectivity index (χ0n) is 9.60. The van der Waals surface area contributed by atoms with Gasteiger partial charge < -0.3 is 14.1 Å². The average molecular weight is 258 g/mol. The molecule has 2 heterocycles. The number of aryl methyl sites for hydroxylation is 1. The zero-order chi connectivity index (χ0) is 12.1. The van der Waals surface area contributed by atoms with Gasteiger partial charge >= 0.3 is 0 Å². The lowest BCUT2D eigenvalue weighted by atomic mass is 10.2. The summed E-state index contributed by atoms with van der Waals surface area (Å²) in [5, 5.41) is 0. The Labute approximate surface area is 105 Å². The van der Waals surface area contributed by atoms with E-state index in [1.54, 1.807) is 6.26 Å². The van der Waals surface area contributed by atoms with Crippen molar-refractivity contribution in [2.75, 3.05) is 25.6 Å². The van der Waals surface area contributed by atoms with Gasteiger partial charge in [-0.2, -0.15) is 0 Å². The van der Waals surface area contributed by atoms with Crippen LogP contribution in [0.1, 0.15) is 12.2 Å². The van der Waals surface area contributed by atoms with Gasteiger partial charge in [0.1, 0.15) is 5.76 Å². The molecule has 17 heavy (non-hydrogen) atoms. The maximum atomic E-state index is 12.0. The molecule has 1 fully saturated rings. The lowest BCUT2D eigenvalue weighted by Gasteiger charge is -2.34. The Balaban J connectivity index is 1.85. The first kappa shape index (κ1) is 12.5. The molecule has 1 aliphatic heterocycles. The van der Waals surface area contributed by atoms with E-state index in [9.17, 15) is 4.79 Å². The summed E-state index contributed by atoms with van der Waals surface area (Å²) in [5.74, 6) is 1.39. The number of halogens is 1. The number of amides is 1. The van der Waals surface area contributed by atoms with E-state index in [0.717, 1.165) is 5.76 Å². The molecule has 0 bridgehead atoms. The number of morpholine rings is 1. The highest BCUT2D eigenvalue weighted by Gasteiger charge is 2.26. The van der Waals surface area contributed by atoms with Crippen molar-refractivity contribution in [3.8, 4) is 0 Å². The third-order valence-corrected chi connectivity index (χ3v) is 3.25. The molecule has 1 aromatic rings. The fourth-order valence-corrected chi connectivity index (χ4v) is 2.20. The van der Waals surface area contributed by atoms with E-state index in [1.807, 2.05) is 17.0 Å². The van der Waals surface area contributed by atoms with Crippen LogP contribution in [0.2, 0.25) is 0 Å². The third kappa shape index (κ3) is 3.23. The van der Waals surface area contributed by atoms with Crippen LogP contribution >= 0.6 is 11.6 Å². The van der Waals surface area contributed by atoms with E-state index >= 15 is 0 Å². The van der Waals surface area contributed by atoms with Crippen molar-refractivity contribution in [1.29, 1.82) is 0 Å². The fourth-order valence-electron chi connectivity index (χ4n) is 1.94. The summed E-state index contributed by atoms with van der Waals surface area (Å²) in [6, 6.07) is 3.72. The van der Waals surface area contributed by atoms with Crippen LogP contribution in [0.5, 0.6) is 0 Å². The monoisotopic (exact) mass is 257 g/mol. The Hall–Kier alpha value is -1.00. The maximum absolute atomic E-state index is 12.0. The number of carbonyl (C=O) groups excluding carboxylic acids is 1. The molecule has 1 saturated heterocycles. The first-order chi connectivity index (χ1) is 8.31. The quantitative estimate of drug-likeness (QED) is 0.771. The largest absolute Gasteiger partial charge is 0.469 e. The van der Waals surface area contributed by atoms with Crippen molar-refractivity contribution in [2.24, 2.45) is 0 Å². The van der Waals surface area contributed by atoms with Crippen molar-refractivity contribution >= 4 is 17.5 Å². The number of nitrogens with zero attached hydrogens (tertiary/aromatic N) is 1. The highest BCUT2D eigenvalue weighted by atomic mass is 35.5. The van der Waals surface area contributed by atoms with Gasteiger partial charge in [0.15, 0.2) is 0 Å². The summed E-state index contributed by atoms with van der Waals surface area (Å²) < 4.78 is 10.5. The van der Waals surface area contributed by atoms with Gasteiger partial charge in [-0.25, -0.2) is 0 Å². The molecule has 1 aliphatic rings. The van der Waals surface area contributed by atoms with Gasteiger partial charge in [-0.1, -0.05) is 0 Å². The van der Waals surface area contributed by atoms with Crippen LogP contribution in [0.15, 0.2) is 22.8 Å². The van der Waals surface area contributed by atoms with Gasteiger partial charge in [-0.05, 0) is 12.1 Å². The normalized spacial score (nSPS) is 20.5. The van der Waals surface area contributed by atoms with Crippen LogP contribution in [-0.4, -0.2) is 42.5 Å². The summed E-state index contributed by atoms with van der Waals surface area (Å²) in [6.07, 6.45) is 2.72. The van der Waals surface area contributed by atoms with E-state index < -0.39 is 0 Å². The molecule has 0 spiro atoms. The van der Waals surface area contributed by atoms with Crippen LogP contribution in [0.4, 0.5) is 0 Å². The topological polar surface area (TPSA) is 42.7 Å². The van der Waals surface area contributed by atoms with E-state index in [2.05, 4.69) is 0 Å². The Kier molecular flexibility index (Phi) is 4.45. The van der Waals surface area contributed by atoms with E-state index in [1.165, 1.54) is 0 Å². The minimum absolute atomic E-state index is 0.00881. The molecule has 4 nitrogen and oxygen atoms in total. The van der Waals surface area contributed by atoms with Crippen molar-refractivity contribution in [3.05, 3.63) is 24.2 Å². The summed E-state index contributed by atoms with van der Waals surface area (Å²) in [7, 11) is 0. The molecule has 0 N–H and O–H groups in total. The number of furan rings is 1. The molecule has 0 aromatic carbocycles. The summed E-state index contributed by atoms with van der Waals surface area (Å²) in [5.41, 5.74) is 0. The van der Waals surface area contributed by atoms with Gasteiger partial charge in [0.25, 0.3) is 0 Å². The van der Waals surface area contributed by atoms with Gasteiger partial charge in [0, 0.05) is 25.3 Å². The number of rotatable bonds is 4. The summed E-state index contributed by atoms with van der Waals surface area (Å²) in [4.78, 5) is 13.9. The molecule has 1 atom stereocenters. The van der Waals surface area contributed by atoms with Crippen LogP contribution in [0.25, 0.3) is 0 Å². The first-order valence-electron chi connectivity index (χ1n) is 5.77. The van der Waals surface area contributed by atoms with Crippen LogP contribution < -0.4 is 0 Å². The first-order valence-corrected chi connectivity index (χ1v) is 6.30. The highest BCUT2D eigenvalue weighted by Crippen LogP contribution is 2.12. The molecule has 2 rings (SSSR count). The molecule has 1 aromatic heterocycles. The number of ether oxygens (including phenoxy) is 1. The summed E-state index contributed by atoms with van der Waals surface area (Å²) >= 11 is 5.83. The molecule has 0 radical (unpaired) electrons. The van der Waals surface area contributed by atoms with Crippen molar-refractivity contribution in [3.63, 3.8) is 0 Å². The molecule has 1 amide bonds. The number of carbonyl (C=O) groups is 1. The molecule has 5 heteroatoms. The van der Waals surface area contributed by atoms with Crippen molar-refractivity contribution in [2.45, 2.75) is 18.9 Å². The van der Waals surface area contributed by atoms with E-state index in [-0.39, 0.29) is 11.9 Å². The molecule has 1 unspecified atom stereocenters. The second-order valence-electron chi connectivity index (χ2n) is 4.05. The lowest BCUT2D eigenvalue weighted by Crippen LogP contribution is -2.49. The molecular weight excluding hydrogens is 242 g/mol. The van der Waals surface area contributed by atoms with Gasteiger partial charge in [0.2, 0.25) is 5.91 Å². The minimum atomic E-state index is 0.00881. The zero-order valence-corrected chi connectivity index (χ0v) is 10.4. The fraction of sp³-hybridized carbons (Fsp3) is 0.583. The van der Waals surface area contributed by atoms with Crippen LogP contribution in [-0.2, 0) is 16.0 Å². The minimum Gasteiger partial charge on any atom is -0.469 e. The Morgan fingerprint density at radius 2 is 2.47 bits per heavy atom. The smallest absolute Gasteiger partial charge is 0.223 e. The van der Waals surface area contributed by atoms with Crippen molar-refractivity contribution in [1.82, 2.24) is 4.90 Å². The molecule has 94 valence electrons. The number of hydrogen-bond donors (Lipinski definition) is 0.